The fourth-order valence-corrected chi connectivity index (χ4v) is 2.33. The standard InChI is InChI=1S/C15H15N3O/c1-9-2-3-11-12-7-10(4-5-19)8-17-14(12)15(16)18-13(11)6-9/h2-3,6-8,19H,4-5H2,1H3,(H2,16,18). The van der Waals surface area contributed by atoms with Crippen molar-refractivity contribution in [2.24, 2.45) is 0 Å². The van der Waals surface area contributed by atoms with E-state index in [9.17, 15) is 0 Å². The average molecular weight is 253 g/mol. The number of pyridine rings is 2. The van der Waals surface area contributed by atoms with Gasteiger partial charge in [-0.15, -0.1) is 0 Å². The van der Waals surface area contributed by atoms with Gasteiger partial charge in [0.1, 0.15) is 5.52 Å². The van der Waals surface area contributed by atoms with Crippen LogP contribution in [0.2, 0.25) is 0 Å². The fraction of sp³-hybridized carbons (Fsp3) is 0.200. The molecule has 0 saturated heterocycles. The molecule has 0 aliphatic carbocycles. The molecular weight excluding hydrogens is 238 g/mol. The number of hydrogen-bond acceptors (Lipinski definition) is 4. The van der Waals surface area contributed by atoms with E-state index in [1.54, 1.807) is 6.20 Å². The molecule has 3 rings (SSSR count). The second-order valence-corrected chi connectivity index (χ2v) is 4.73. The fourth-order valence-electron chi connectivity index (χ4n) is 2.33. The van der Waals surface area contributed by atoms with Gasteiger partial charge < -0.3 is 10.8 Å². The first kappa shape index (κ1) is 11.9. The lowest BCUT2D eigenvalue weighted by atomic mass is 10.1. The van der Waals surface area contributed by atoms with Crippen molar-refractivity contribution in [3.05, 3.63) is 41.6 Å². The van der Waals surface area contributed by atoms with Gasteiger partial charge in [-0.05, 0) is 36.6 Å². The Morgan fingerprint density at radius 1 is 1.21 bits per heavy atom. The molecule has 2 heterocycles. The minimum Gasteiger partial charge on any atom is -0.396 e. The Morgan fingerprint density at radius 3 is 2.84 bits per heavy atom. The molecule has 0 aliphatic heterocycles. The van der Waals surface area contributed by atoms with E-state index in [-0.39, 0.29) is 6.61 Å². The van der Waals surface area contributed by atoms with Crippen LogP contribution in [0.3, 0.4) is 0 Å². The predicted molar refractivity (Wildman–Crippen MR) is 77.0 cm³/mol. The number of rotatable bonds is 2. The Morgan fingerprint density at radius 2 is 2.05 bits per heavy atom. The molecule has 0 atom stereocenters. The number of nitrogens with two attached hydrogens (primary N) is 1. The number of aliphatic hydroxyl groups is 1. The van der Waals surface area contributed by atoms with E-state index in [0.717, 1.165) is 32.9 Å². The van der Waals surface area contributed by atoms with Gasteiger partial charge in [-0.25, -0.2) is 4.98 Å². The van der Waals surface area contributed by atoms with Crippen LogP contribution in [0.15, 0.2) is 30.5 Å². The van der Waals surface area contributed by atoms with Gasteiger partial charge in [0.15, 0.2) is 5.82 Å². The highest BCUT2D eigenvalue weighted by Gasteiger charge is 2.08. The number of nitrogens with zero attached hydrogens (tertiary/aromatic N) is 2. The van der Waals surface area contributed by atoms with Crippen molar-refractivity contribution in [1.29, 1.82) is 0 Å². The van der Waals surface area contributed by atoms with Crippen molar-refractivity contribution in [2.75, 3.05) is 12.3 Å². The van der Waals surface area contributed by atoms with Crippen molar-refractivity contribution in [3.63, 3.8) is 0 Å². The number of fused-ring (bicyclic) bond motifs is 3. The summed E-state index contributed by atoms with van der Waals surface area (Å²) in [5.74, 6) is 0.448. The maximum absolute atomic E-state index is 9.03. The summed E-state index contributed by atoms with van der Waals surface area (Å²) in [5.41, 5.74) is 9.73. The van der Waals surface area contributed by atoms with Gasteiger partial charge in [-0.3, -0.25) is 4.98 Å². The van der Waals surface area contributed by atoms with Gasteiger partial charge in [0.2, 0.25) is 0 Å². The zero-order valence-corrected chi connectivity index (χ0v) is 10.7. The van der Waals surface area contributed by atoms with Crippen LogP contribution in [0.5, 0.6) is 0 Å². The quantitative estimate of drug-likeness (QED) is 0.687. The van der Waals surface area contributed by atoms with Gasteiger partial charge in [-0.2, -0.15) is 0 Å². The highest BCUT2D eigenvalue weighted by atomic mass is 16.2. The van der Waals surface area contributed by atoms with E-state index < -0.39 is 0 Å². The summed E-state index contributed by atoms with van der Waals surface area (Å²) < 4.78 is 0. The van der Waals surface area contributed by atoms with Crippen LogP contribution >= 0.6 is 0 Å². The molecule has 0 unspecified atom stereocenters. The van der Waals surface area contributed by atoms with Crippen molar-refractivity contribution >= 4 is 27.6 Å². The summed E-state index contributed by atoms with van der Waals surface area (Å²) in [6.45, 7) is 2.15. The maximum atomic E-state index is 9.03. The Balaban J connectivity index is 2.39. The molecule has 0 amide bonds. The molecule has 0 radical (unpaired) electrons. The smallest absolute Gasteiger partial charge is 0.150 e. The number of nitrogen functional groups attached to an aromatic ring is 1. The first-order chi connectivity index (χ1) is 9.19. The first-order valence-corrected chi connectivity index (χ1v) is 6.24. The predicted octanol–water partition coefficient (Wildman–Crippen LogP) is 2.21. The molecule has 96 valence electrons. The molecule has 0 spiro atoms. The zero-order valence-electron chi connectivity index (χ0n) is 10.7. The molecule has 0 saturated carbocycles. The second-order valence-electron chi connectivity index (χ2n) is 4.73. The Bertz CT molecular complexity index is 768. The highest BCUT2D eigenvalue weighted by Crippen LogP contribution is 2.27. The molecule has 2 aromatic heterocycles. The molecule has 1 aromatic carbocycles. The zero-order chi connectivity index (χ0) is 13.4. The lowest BCUT2D eigenvalue weighted by Crippen LogP contribution is -1.98. The number of anilines is 1. The summed E-state index contributed by atoms with van der Waals surface area (Å²) in [6, 6.07) is 8.15. The number of aromatic nitrogens is 2. The summed E-state index contributed by atoms with van der Waals surface area (Å²) in [6.07, 6.45) is 2.34. The Hall–Kier alpha value is -2.20. The monoisotopic (exact) mass is 253 g/mol. The van der Waals surface area contributed by atoms with E-state index in [0.29, 0.717) is 12.2 Å². The summed E-state index contributed by atoms with van der Waals surface area (Å²) in [4.78, 5) is 8.78. The molecule has 4 nitrogen and oxygen atoms in total. The van der Waals surface area contributed by atoms with Crippen LogP contribution in [0.4, 0.5) is 5.82 Å². The summed E-state index contributed by atoms with van der Waals surface area (Å²) in [5, 5.41) is 11.1. The second kappa shape index (κ2) is 4.48. The topological polar surface area (TPSA) is 72.0 Å². The highest BCUT2D eigenvalue weighted by molar-refractivity contribution is 6.08. The number of hydrogen-bond donors (Lipinski definition) is 2. The Labute approximate surface area is 110 Å². The molecule has 19 heavy (non-hydrogen) atoms. The summed E-state index contributed by atoms with van der Waals surface area (Å²) in [7, 11) is 0. The van der Waals surface area contributed by atoms with Gasteiger partial charge >= 0.3 is 0 Å². The van der Waals surface area contributed by atoms with Gasteiger partial charge in [0.25, 0.3) is 0 Å². The van der Waals surface area contributed by atoms with E-state index in [2.05, 4.69) is 16.0 Å². The van der Waals surface area contributed by atoms with Crippen LogP contribution < -0.4 is 5.73 Å². The number of aryl methyl sites for hydroxylation is 1. The van der Waals surface area contributed by atoms with Crippen molar-refractivity contribution in [2.45, 2.75) is 13.3 Å². The van der Waals surface area contributed by atoms with Crippen LogP contribution in [0, 0.1) is 6.92 Å². The van der Waals surface area contributed by atoms with Crippen LogP contribution in [-0.2, 0) is 6.42 Å². The van der Waals surface area contributed by atoms with Gasteiger partial charge in [0.05, 0.1) is 5.52 Å². The molecule has 4 heteroatoms. The van der Waals surface area contributed by atoms with Crippen LogP contribution in [-0.4, -0.2) is 21.7 Å². The lowest BCUT2D eigenvalue weighted by molar-refractivity contribution is 0.299. The van der Waals surface area contributed by atoms with Crippen molar-refractivity contribution < 1.29 is 5.11 Å². The van der Waals surface area contributed by atoms with Crippen molar-refractivity contribution in [3.8, 4) is 0 Å². The largest absolute Gasteiger partial charge is 0.396 e. The number of aliphatic hydroxyl groups excluding tert-OH is 1. The van der Waals surface area contributed by atoms with Gasteiger partial charge in [0, 0.05) is 23.6 Å². The minimum absolute atomic E-state index is 0.116. The van der Waals surface area contributed by atoms with E-state index in [1.807, 2.05) is 25.1 Å². The third kappa shape index (κ3) is 2.00. The molecule has 0 bridgehead atoms. The normalized spacial score (nSPS) is 11.3. The van der Waals surface area contributed by atoms with Crippen LogP contribution in [0.1, 0.15) is 11.1 Å². The Kier molecular flexibility index (Phi) is 2.80. The molecule has 0 aliphatic rings. The van der Waals surface area contributed by atoms with Crippen molar-refractivity contribution in [1.82, 2.24) is 9.97 Å². The SMILES string of the molecule is Cc1ccc2c(c1)nc(N)c1ncc(CCO)cc12. The van der Waals surface area contributed by atoms with E-state index in [1.165, 1.54) is 0 Å². The number of benzene rings is 1. The third-order valence-electron chi connectivity index (χ3n) is 3.27. The third-order valence-corrected chi connectivity index (χ3v) is 3.27. The maximum Gasteiger partial charge on any atom is 0.150 e. The van der Waals surface area contributed by atoms with E-state index >= 15 is 0 Å². The molecule has 3 aromatic rings. The molecular formula is C15H15N3O. The lowest BCUT2D eigenvalue weighted by Gasteiger charge is -2.08. The first-order valence-electron chi connectivity index (χ1n) is 6.24. The molecule has 0 fully saturated rings. The van der Waals surface area contributed by atoms with E-state index in [4.69, 9.17) is 10.8 Å². The van der Waals surface area contributed by atoms with Crippen LogP contribution in [0.25, 0.3) is 21.8 Å². The minimum atomic E-state index is 0.116. The molecule has 3 N–H and O–H groups in total. The average Bonchev–Trinajstić information content (AvgIpc) is 2.38. The van der Waals surface area contributed by atoms with Gasteiger partial charge in [-0.1, -0.05) is 12.1 Å². The summed E-state index contributed by atoms with van der Waals surface area (Å²) >= 11 is 0.